The van der Waals surface area contributed by atoms with E-state index in [-0.39, 0.29) is 6.04 Å². The van der Waals surface area contributed by atoms with Crippen LogP contribution in [0, 0.1) is 0 Å². The van der Waals surface area contributed by atoms with Crippen LogP contribution in [0.1, 0.15) is 30.6 Å². The van der Waals surface area contributed by atoms with Crippen molar-refractivity contribution < 1.29 is 13.2 Å². The first-order valence-corrected chi connectivity index (χ1v) is 5.91. The third-order valence-electron chi connectivity index (χ3n) is 2.90. The maximum atomic E-state index is 12.5. The van der Waals surface area contributed by atoms with Crippen LogP contribution in [0.3, 0.4) is 0 Å². The predicted molar refractivity (Wildman–Crippen MR) is 65.8 cm³/mol. The molecule has 0 aliphatic carbocycles. The number of nitrogens with zero attached hydrogens (tertiary/aromatic N) is 2. The van der Waals surface area contributed by atoms with Crippen LogP contribution in [-0.2, 0) is 6.18 Å². The van der Waals surface area contributed by atoms with Gasteiger partial charge in [0, 0.05) is 12.2 Å². The molecule has 0 aliphatic rings. The molecule has 0 saturated heterocycles. The second-order valence-corrected chi connectivity index (χ2v) is 4.22. The van der Waals surface area contributed by atoms with Crippen molar-refractivity contribution in [2.45, 2.75) is 25.6 Å². The van der Waals surface area contributed by atoms with E-state index in [9.17, 15) is 13.2 Å². The highest BCUT2D eigenvalue weighted by Crippen LogP contribution is 2.29. The number of benzene rings is 1. The van der Waals surface area contributed by atoms with Gasteiger partial charge in [-0.05, 0) is 24.1 Å². The molecule has 2 aromatic rings. The summed E-state index contributed by atoms with van der Waals surface area (Å²) in [5.74, 6) is 0. The van der Waals surface area contributed by atoms with Gasteiger partial charge in [-0.2, -0.15) is 18.3 Å². The van der Waals surface area contributed by atoms with Crippen LogP contribution in [0.5, 0.6) is 0 Å². The lowest BCUT2D eigenvalue weighted by atomic mass is 10.0. The largest absolute Gasteiger partial charge is 0.435 e. The first-order valence-electron chi connectivity index (χ1n) is 5.91. The number of hydrogen-bond acceptors (Lipinski definition) is 2. The maximum absolute atomic E-state index is 12.5. The molecular weight excluding hydrogens is 255 g/mol. The van der Waals surface area contributed by atoms with E-state index < -0.39 is 11.9 Å². The van der Waals surface area contributed by atoms with Crippen LogP contribution < -0.4 is 5.73 Å². The Bertz CT molecular complexity index is 560. The number of hydrogen-bond donors (Lipinski definition) is 1. The van der Waals surface area contributed by atoms with Crippen molar-refractivity contribution in [2.75, 3.05) is 0 Å². The molecule has 2 rings (SSSR count). The third kappa shape index (κ3) is 2.78. The van der Waals surface area contributed by atoms with Gasteiger partial charge in [0.2, 0.25) is 0 Å². The molecular formula is C13H14F3N3. The first-order chi connectivity index (χ1) is 8.93. The topological polar surface area (TPSA) is 43.8 Å². The van der Waals surface area contributed by atoms with E-state index in [1.54, 1.807) is 18.2 Å². The van der Waals surface area contributed by atoms with Gasteiger partial charge in [-0.1, -0.05) is 25.1 Å². The minimum Gasteiger partial charge on any atom is -0.324 e. The van der Waals surface area contributed by atoms with E-state index in [4.69, 9.17) is 5.73 Å². The van der Waals surface area contributed by atoms with Gasteiger partial charge < -0.3 is 5.73 Å². The summed E-state index contributed by atoms with van der Waals surface area (Å²) in [6.45, 7) is 1.92. The molecule has 0 amide bonds. The van der Waals surface area contributed by atoms with Gasteiger partial charge >= 0.3 is 6.18 Å². The van der Waals surface area contributed by atoms with Crippen LogP contribution in [-0.4, -0.2) is 9.78 Å². The molecule has 1 aromatic carbocycles. The zero-order valence-corrected chi connectivity index (χ0v) is 10.4. The van der Waals surface area contributed by atoms with Crippen LogP contribution in [0.2, 0.25) is 0 Å². The minimum absolute atomic E-state index is 0.227. The molecule has 6 heteroatoms. The minimum atomic E-state index is -4.44. The zero-order chi connectivity index (χ0) is 14.0. The van der Waals surface area contributed by atoms with Crippen molar-refractivity contribution in [3.8, 4) is 5.69 Å². The number of halogens is 3. The number of alkyl halides is 3. The molecule has 0 fully saturated rings. The fourth-order valence-corrected chi connectivity index (χ4v) is 1.84. The Labute approximate surface area is 108 Å². The summed E-state index contributed by atoms with van der Waals surface area (Å²) in [5.41, 5.74) is 6.41. The molecule has 102 valence electrons. The second kappa shape index (κ2) is 5.05. The van der Waals surface area contributed by atoms with Crippen molar-refractivity contribution in [3.63, 3.8) is 0 Å². The molecule has 0 aliphatic heterocycles. The second-order valence-electron chi connectivity index (χ2n) is 4.22. The molecule has 0 radical (unpaired) electrons. The molecule has 3 nitrogen and oxygen atoms in total. The molecule has 1 aromatic heterocycles. The van der Waals surface area contributed by atoms with Crippen LogP contribution >= 0.6 is 0 Å². The van der Waals surface area contributed by atoms with E-state index in [1.807, 2.05) is 13.0 Å². The lowest BCUT2D eigenvalue weighted by Crippen LogP contribution is -2.13. The summed E-state index contributed by atoms with van der Waals surface area (Å²) in [5, 5.41) is 3.57. The molecule has 19 heavy (non-hydrogen) atoms. The molecule has 0 unspecified atom stereocenters. The summed E-state index contributed by atoms with van der Waals surface area (Å²) in [4.78, 5) is 0. The van der Waals surface area contributed by atoms with E-state index in [1.165, 1.54) is 10.9 Å². The van der Waals surface area contributed by atoms with Crippen molar-refractivity contribution in [3.05, 3.63) is 47.8 Å². The summed E-state index contributed by atoms with van der Waals surface area (Å²) >= 11 is 0. The Kier molecular flexibility index (Phi) is 3.61. The van der Waals surface area contributed by atoms with Crippen LogP contribution in [0.25, 0.3) is 5.69 Å². The summed E-state index contributed by atoms with van der Waals surface area (Å²) in [6, 6.07) is 7.79. The average Bonchev–Trinajstić information content (AvgIpc) is 2.87. The van der Waals surface area contributed by atoms with Gasteiger partial charge in [0.15, 0.2) is 5.69 Å². The fraction of sp³-hybridized carbons (Fsp3) is 0.308. The monoisotopic (exact) mass is 269 g/mol. The highest BCUT2D eigenvalue weighted by Gasteiger charge is 2.33. The van der Waals surface area contributed by atoms with Gasteiger partial charge in [0.1, 0.15) is 0 Å². The predicted octanol–water partition coefficient (Wildman–Crippen LogP) is 3.30. The Morgan fingerprint density at radius 2 is 1.95 bits per heavy atom. The zero-order valence-electron chi connectivity index (χ0n) is 10.4. The normalized spacial score (nSPS) is 13.5. The molecule has 0 spiro atoms. The van der Waals surface area contributed by atoms with Crippen LogP contribution in [0.4, 0.5) is 13.2 Å². The van der Waals surface area contributed by atoms with Gasteiger partial charge in [0.25, 0.3) is 0 Å². The quantitative estimate of drug-likeness (QED) is 0.929. The summed E-state index contributed by atoms with van der Waals surface area (Å²) in [7, 11) is 0. The van der Waals surface area contributed by atoms with Crippen LogP contribution in [0.15, 0.2) is 36.5 Å². The van der Waals surface area contributed by atoms with E-state index in [2.05, 4.69) is 5.10 Å². The average molecular weight is 269 g/mol. The summed E-state index contributed by atoms with van der Waals surface area (Å²) < 4.78 is 38.8. The van der Waals surface area contributed by atoms with Gasteiger partial charge in [0.05, 0.1) is 5.69 Å². The van der Waals surface area contributed by atoms with Gasteiger partial charge in [-0.15, -0.1) is 0 Å². The van der Waals surface area contributed by atoms with E-state index in [0.717, 1.165) is 11.6 Å². The first kappa shape index (κ1) is 13.6. The molecule has 0 saturated carbocycles. The molecule has 2 N–H and O–H groups in total. The third-order valence-corrected chi connectivity index (χ3v) is 2.90. The standard InChI is InChI=1S/C13H14F3N3/c1-2-10(17)9-5-3-4-6-11(9)19-8-7-12(18-19)13(14,15)16/h3-8,10H,2,17H2,1H3/t10-/m0/s1. The number of nitrogens with two attached hydrogens (primary N) is 1. The molecule has 0 bridgehead atoms. The Balaban J connectivity index is 2.45. The number of rotatable bonds is 3. The Morgan fingerprint density at radius 3 is 2.53 bits per heavy atom. The lowest BCUT2D eigenvalue weighted by Gasteiger charge is -2.14. The van der Waals surface area contributed by atoms with Gasteiger partial charge in [-0.25, -0.2) is 4.68 Å². The van der Waals surface area contributed by atoms with Gasteiger partial charge in [-0.3, -0.25) is 0 Å². The highest BCUT2D eigenvalue weighted by molar-refractivity contribution is 5.42. The smallest absolute Gasteiger partial charge is 0.324 e. The number of aromatic nitrogens is 2. The van der Waals surface area contributed by atoms with Crippen molar-refractivity contribution >= 4 is 0 Å². The van der Waals surface area contributed by atoms with Crippen molar-refractivity contribution in [1.82, 2.24) is 9.78 Å². The fourth-order valence-electron chi connectivity index (χ4n) is 1.84. The maximum Gasteiger partial charge on any atom is 0.435 e. The lowest BCUT2D eigenvalue weighted by molar-refractivity contribution is -0.141. The highest BCUT2D eigenvalue weighted by atomic mass is 19.4. The van der Waals surface area contributed by atoms with E-state index in [0.29, 0.717) is 12.1 Å². The Morgan fingerprint density at radius 1 is 1.26 bits per heavy atom. The van der Waals surface area contributed by atoms with Crippen molar-refractivity contribution in [2.24, 2.45) is 5.73 Å². The number of para-hydroxylation sites is 1. The van der Waals surface area contributed by atoms with Crippen molar-refractivity contribution in [1.29, 1.82) is 0 Å². The summed E-state index contributed by atoms with van der Waals surface area (Å²) in [6.07, 6.45) is -2.44. The molecule has 1 heterocycles. The SMILES string of the molecule is CC[C@H](N)c1ccccc1-n1ccc(C(F)(F)F)n1. The van der Waals surface area contributed by atoms with E-state index >= 15 is 0 Å². The Hall–Kier alpha value is -1.82. The molecule has 1 atom stereocenters.